The topological polar surface area (TPSA) is 18.5 Å². The van der Waals surface area contributed by atoms with Gasteiger partial charge in [0, 0.05) is 5.92 Å². The summed E-state index contributed by atoms with van der Waals surface area (Å²) in [5.41, 5.74) is 4.09. The average molecular weight is 318 g/mol. The van der Waals surface area contributed by atoms with Gasteiger partial charge in [-0.25, -0.2) is 0 Å². The molecule has 3 heterocycles. The lowest BCUT2D eigenvalue weighted by atomic mass is 9.74. The molecule has 2 aromatic carbocycles. The fourth-order valence-electron chi connectivity index (χ4n) is 6.18. The van der Waals surface area contributed by atoms with Crippen LogP contribution in [0.3, 0.4) is 0 Å². The third kappa shape index (κ3) is 1.50. The summed E-state index contributed by atoms with van der Waals surface area (Å²) in [6, 6.07) is 19.7. The fourth-order valence-corrected chi connectivity index (χ4v) is 6.18. The summed E-state index contributed by atoms with van der Waals surface area (Å²) in [6.45, 7) is 0.740. The molecule has 24 heavy (non-hydrogen) atoms. The number of hydrogen-bond donors (Lipinski definition) is 0. The Morgan fingerprint density at radius 3 is 2.71 bits per heavy atom. The first-order valence-corrected chi connectivity index (χ1v) is 9.29. The monoisotopic (exact) mass is 318 g/mol. The van der Waals surface area contributed by atoms with Crippen molar-refractivity contribution in [2.75, 3.05) is 6.61 Å². The van der Waals surface area contributed by atoms with E-state index in [-0.39, 0.29) is 17.3 Å². The summed E-state index contributed by atoms with van der Waals surface area (Å²) in [7, 11) is 0. The van der Waals surface area contributed by atoms with Crippen LogP contribution in [0.15, 0.2) is 54.6 Å². The van der Waals surface area contributed by atoms with Crippen LogP contribution in [0.5, 0.6) is 0 Å². The molecule has 2 heteroatoms. The van der Waals surface area contributed by atoms with Crippen molar-refractivity contribution in [3.8, 4) is 0 Å². The van der Waals surface area contributed by atoms with Crippen LogP contribution < -0.4 is 0 Å². The summed E-state index contributed by atoms with van der Waals surface area (Å²) in [6.07, 6.45) is 5.06. The Morgan fingerprint density at radius 2 is 1.79 bits per heavy atom. The zero-order chi connectivity index (χ0) is 15.8. The molecule has 6 rings (SSSR count). The van der Waals surface area contributed by atoms with E-state index in [4.69, 9.17) is 9.47 Å². The van der Waals surface area contributed by atoms with E-state index in [2.05, 4.69) is 54.6 Å². The van der Waals surface area contributed by atoms with Crippen molar-refractivity contribution in [2.24, 2.45) is 5.92 Å². The predicted octanol–water partition coefficient (Wildman–Crippen LogP) is 4.71. The van der Waals surface area contributed by atoms with Crippen LogP contribution >= 0.6 is 0 Å². The highest BCUT2D eigenvalue weighted by Crippen LogP contribution is 2.69. The second-order valence-electron chi connectivity index (χ2n) is 8.06. The van der Waals surface area contributed by atoms with Gasteiger partial charge in [0.2, 0.25) is 0 Å². The number of fused-ring (bicyclic) bond motifs is 2. The van der Waals surface area contributed by atoms with Crippen LogP contribution in [0, 0.1) is 5.92 Å². The Bertz CT molecular complexity index is 801. The van der Waals surface area contributed by atoms with Crippen molar-refractivity contribution in [3.63, 3.8) is 0 Å². The van der Waals surface area contributed by atoms with Gasteiger partial charge in [-0.05, 0) is 48.3 Å². The van der Waals surface area contributed by atoms with Gasteiger partial charge in [0.25, 0.3) is 0 Å². The number of benzene rings is 2. The second-order valence-corrected chi connectivity index (χ2v) is 8.06. The summed E-state index contributed by atoms with van der Waals surface area (Å²) >= 11 is 0. The Kier molecular flexibility index (Phi) is 2.56. The third-order valence-electron chi connectivity index (χ3n) is 6.99. The minimum atomic E-state index is -0.111. The van der Waals surface area contributed by atoms with Gasteiger partial charge in [-0.3, -0.25) is 0 Å². The average Bonchev–Trinajstić information content (AvgIpc) is 3.26. The van der Waals surface area contributed by atoms with E-state index in [9.17, 15) is 0 Å². The molecule has 1 saturated carbocycles. The lowest BCUT2D eigenvalue weighted by molar-refractivity contribution is -0.130. The van der Waals surface area contributed by atoms with Crippen LogP contribution in [0.4, 0.5) is 0 Å². The van der Waals surface area contributed by atoms with Gasteiger partial charge in [0.05, 0.1) is 18.3 Å². The second kappa shape index (κ2) is 4.50. The zero-order valence-electron chi connectivity index (χ0n) is 13.8. The summed E-state index contributed by atoms with van der Waals surface area (Å²) in [4.78, 5) is 0. The number of rotatable bonds is 1. The van der Waals surface area contributed by atoms with Gasteiger partial charge < -0.3 is 9.47 Å². The Morgan fingerprint density at radius 1 is 0.958 bits per heavy atom. The van der Waals surface area contributed by atoms with Crippen molar-refractivity contribution >= 4 is 0 Å². The van der Waals surface area contributed by atoms with Gasteiger partial charge >= 0.3 is 0 Å². The van der Waals surface area contributed by atoms with Crippen molar-refractivity contribution < 1.29 is 9.47 Å². The molecule has 2 bridgehead atoms. The molecular weight excluding hydrogens is 296 g/mol. The Balaban J connectivity index is 1.57. The maximum absolute atomic E-state index is 6.97. The Hall–Kier alpha value is -1.64. The van der Waals surface area contributed by atoms with Crippen LogP contribution in [-0.2, 0) is 15.1 Å². The first-order valence-electron chi connectivity index (χ1n) is 9.29. The molecular formula is C22H22O2. The molecule has 0 aromatic heterocycles. The highest BCUT2D eigenvalue weighted by atomic mass is 16.6. The minimum Gasteiger partial charge on any atom is -0.370 e. The van der Waals surface area contributed by atoms with E-state index in [1.165, 1.54) is 36.0 Å². The van der Waals surface area contributed by atoms with Crippen LogP contribution in [-0.4, -0.2) is 12.2 Å². The first kappa shape index (κ1) is 13.6. The smallest absolute Gasteiger partial charge is 0.103 e. The van der Waals surface area contributed by atoms with Gasteiger partial charge in [-0.15, -0.1) is 0 Å². The SMILES string of the molecule is c1ccc([C@@H]2OC[C@]34C[C@@H]5CCC[C@@]5(O3)c3ccccc3[C@H]24)cc1. The standard InChI is InChI=1S/C22H22O2/c1-2-7-15(8-3-1)20-19-17-10-4-5-11-18(17)22-12-6-9-16(22)13-21(19,24-22)14-23-20/h1-5,7-8,10-11,16,19-20H,6,9,12-14H2/t16-,19+,20-,21-,22-/m0/s1. The molecule has 1 aliphatic carbocycles. The van der Waals surface area contributed by atoms with Crippen molar-refractivity contribution in [2.45, 2.75) is 48.9 Å². The summed E-state index contributed by atoms with van der Waals surface area (Å²) < 4.78 is 13.4. The van der Waals surface area contributed by atoms with E-state index in [1.807, 2.05) is 0 Å². The molecule has 0 amide bonds. The minimum absolute atomic E-state index is 0.0258. The van der Waals surface area contributed by atoms with E-state index in [0.717, 1.165) is 13.0 Å². The van der Waals surface area contributed by atoms with Gasteiger partial charge in [-0.1, -0.05) is 54.6 Å². The van der Waals surface area contributed by atoms with Crippen LogP contribution in [0.1, 0.15) is 54.4 Å². The molecule has 3 fully saturated rings. The van der Waals surface area contributed by atoms with Gasteiger partial charge in [0.1, 0.15) is 5.60 Å². The molecule has 122 valence electrons. The predicted molar refractivity (Wildman–Crippen MR) is 91.8 cm³/mol. The molecule has 0 N–H and O–H groups in total. The van der Waals surface area contributed by atoms with Gasteiger partial charge in [-0.2, -0.15) is 0 Å². The van der Waals surface area contributed by atoms with E-state index < -0.39 is 0 Å². The lowest BCUT2D eigenvalue weighted by Gasteiger charge is -2.43. The Labute approximate surface area is 142 Å². The molecule has 0 radical (unpaired) electrons. The van der Waals surface area contributed by atoms with Crippen molar-refractivity contribution in [1.29, 1.82) is 0 Å². The molecule has 2 spiro atoms. The molecule has 4 aliphatic rings. The maximum Gasteiger partial charge on any atom is 0.103 e. The third-order valence-corrected chi connectivity index (χ3v) is 6.99. The maximum atomic E-state index is 6.97. The molecule has 5 atom stereocenters. The van der Waals surface area contributed by atoms with Gasteiger partial charge in [0.15, 0.2) is 0 Å². The largest absolute Gasteiger partial charge is 0.370 e. The lowest BCUT2D eigenvalue weighted by Crippen LogP contribution is -2.44. The van der Waals surface area contributed by atoms with Crippen molar-refractivity contribution in [3.05, 3.63) is 71.3 Å². The number of hydrogen-bond acceptors (Lipinski definition) is 2. The van der Waals surface area contributed by atoms with E-state index in [0.29, 0.717) is 11.8 Å². The highest BCUT2D eigenvalue weighted by molar-refractivity contribution is 5.46. The van der Waals surface area contributed by atoms with Crippen LogP contribution in [0.25, 0.3) is 0 Å². The summed E-state index contributed by atoms with van der Waals surface area (Å²) in [5.74, 6) is 0.995. The quantitative estimate of drug-likeness (QED) is 0.758. The normalized spacial score (nSPS) is 41.8. The molecule has 2 nitrogen and oxygen atoms in total. The first-order chi connectivity index (χ1) is 11.8. The molecule has 3 aliphatic heterocycles. The van der Waals surface area contributed by atoms with E-state index in [1.54, 1.807) is 0 Å². The molecule has 2 aromatic rings. The highest BCUT2D eigenvalue weighted by Gasteiger charge is 2.68. The fraction of sp³-hybridized carbons (Fsp3) is 0.455. The molecule has 0 unspecified atom stereocenters. The zero-order valence-corrected chi connectivity index (χ0v) is 13.8. The van der Waals surface area contributed by atoms with E-state index >= 15 is 0 Å². The molecule has 2 saturated heterocycles. The van der Waals surface area contributed by atoms with Crippen molar-refractivity contribution in [1.82, 2.24) is 0 Å². The summed E-state index contributed by atoms with van der Waals surface area (Å²) in [5, 5.41) is 0. The number of ether oxygens (including phenoxy) is 2. The van der Waals surface area contributed by atoms with Crippen LogP contribution in [0.2, 0.25) is 0 Å².